The Balaban J connectivity index is 1.22. The van der Waals surface area contributed by atoms with E-state index < -0.39 is 0 Å². The van der Waals surface area contributed by atoms with Gasteiger partial charge in [0.15, 0.2) is 5.76 Å². The minimum Gasteiger partial charge on any atom is -0.459 e. The summed E-state index contributed by atoms with van der Waals surface area (Å²) in [6.07, 6.45) is 3.42. The van der Waals surface area contributed by atoms with Crippen molar-refractivity contribution in [2.24, 2.45) is 0 Å². The Labute approximate surface area is 211 Å². The van der Waals surface area contributed by atoms with Crippen molar-refractivity contribution in [3.05, 3.63) is 94.9 Å². The van der Waals surface area contributed by atoms with Crippen molar-refractivity contribution >= 4 is 17.7 Å². The topological polar surface area (TPSA) is 74.1 Å². The van der Waals surface area contributed by atoms with Crippen molar-refractivity contribution in [3.8, 4) is 0 Å². The van der Waals surface area contributed by atoms with E-state index in [-0.39, 0.29) is 23.6 Å². The SMILES string of the molecule is Cc1ccc(C(=O)N2CCC[C@@H](c3cccc(C(=O)N4CCN(C(=O)c5ccco5)CC4)c3)C2)cc1. The number of likely N-dealkylation sites (tertiary alicyclic amines) is 1. The zero-order chi connectivity index (χ0) is 25.1. The molecule has 0 spiro atoms. The van der Waals surface area contributed by atoms with Crippen LogP contribution in [0.4, 0.5) is 0 Å². The van der Waals surface area contributed by atoms with Crippen LogP contribution in [0.2, 0.25) is 0 Å². The van der Waals surface area contributed by atoms with Gasteiger partial charge in [-0.2, -0.15) is 0 Å². The number of hydrogen-bond donors (Lipinski definition) is 0. The van der Waals surface area contributed by atoms with Gasteiger partial charge in [-0.05, 0) is 61.7 Å². The van der Waals surface area contributed by atoms with Gasteiger partial charge in [-0.15, -0.1) is 0 Å². The number of carbonyl (C=O) groups excluding carboxylic acids is 3. The molecule has 2 aromatic carbocycles. The molecule has 0 saturated carbocycles. The number of amides is 3. The van der Waals surface area contributed by atoms with Crippen molar-refractivity contribution < 1.29 is 18.8 Å². The fraction of sp³-hybridized carbons (Fsp3) is 0.345. The Hall–Kier alpha value is -3.87. The maximum absolute atomic E-state index is 13.3. The molecule has 3 aromatic rings. The van der Waals surface area contributed by atoms with Crippen LogP contribution in [0.3, 0.4) is 0 Å². The maximum Gasteiger partial charge on any atom is 0.289 e. The monoisotopic (exact) mass is 485 g/mol. The van der Waals surface area contributed by atoms with Crippen LogP contribution in [0.5, 0.6) is 0 Å². The number of nitrogens with zero attached hydrogens (tertiary/aromatic N) is 3. The lowest BCUT2D eigenvalue weighted by Gasteiger charge is -2.35. The van der Waals surface area contributed by atoms with E-state index >= 15 is 0 Å². The number of piperidine rings is 1. The summed E-state index contributed by atoms with van der Waals surface area (Å²) in [5.74, 6) is 0.420. The molecule has 36 heavy (non-hydrogen) atoms. The van der Waals surface area contributed by atoms with E-state index in [1.54, 1.807) is 21.9 Å². The smallest absolute Gasteiger partial charge is 0.289 e. The van der Waals surface area contributed by atoms with Crippen LogP contribution < -0.4 is 0 Å². The molecule has 5 rings (SSSR count). The second-order valence-corrected chi connectivity index (χ2v) is 9.64. The van der Waals surface area contributed by atoms with Gasteiger partial charge >= 0.3 is 0 Å². The molecular formula is C29H31N3O4. The van der Waals surface area contributed by atoms with E-state index in [2.05, 4.69) is 6.07 Å². The summed E-state index contributed by atoms with van der Waals surface area (Å²) in [6, 6.07) is 18.9. The molecule has 2 aliphatic rings. The van der Waals surface area contributed by atoms with Crippen LogP contribution >= 0.6 is 0 Å². The molecule has 2 saturated heterocycles. The summed E-state index contributed by atoms with van der Waals surface area (Å²) in [5.41, 5.74) is 3.60. The van der Waals surface area contributed by atoms with Gasteiger partial charge in [-0.25, -0.2) is 0 Å². The number of furan rings is 1. The van der Waals surface area contributed by atoms with Crippen LogP contribution in [0, 0.1) is 6.92 Å². The van der Waals surface area contributed by atoms with Crippen molar-refractivity contribution in [1.29, 1.82) is 0 Å². The molecule has 7 heteroatoms. The van der Waals surface area contributed by atoms with E-state index in [1.165, 1.54) is 6.26 Å². The molecule has 186 valence electrons. The molecule has 0 unspecified atom stereocenters. The van der Waals surface area contributed by atoms with Gasteiger partial charge in [0.05, 0.1) is 6.26 Å². The van der Waals surface area contributed by atoms with E-state index in [0.29, 0.717) is 44.0 Å². The van der Waals surface area contributed by atoms with Crippen LogP contribution in [-0.4, -0.2) is 71.7 Å². The predicted molar refractivity (Wildman–Crippen MR) is 136 cm³/mol. The fourth-order valence-electron chi connectivity index (χ4n) is 5.09. The van der Waals surface area contributed by atoms with Crippen molar-refractivity contribution in [2.75, 3.05) is 39.3 Å². The number of aryl methyl sites for hydroxylation is 1. The Bertz CT molecular complexity index is 1230. The zero-order valence-corrected chi connectivity index (χ0v) is 20.6. The molecule has 2 fully saturated rings. The molecule has 0 aliphatic carbocycles. The predicted octanol–water partition coefficient (Wildman–Crippen LogP) is 4.21. The summed E-state index contributed by atoms with van der Waals surface area (Å²) in [7, 11) is 0. The van der Waals surface area contributed by atoms with Crippen LogP contribution in [0.1, 0.15) is 61.2 Å². The third-order valence-electron chi connectivity index (χ3n) is 7.20. The second kappa shape index (κ2) is 10.4. The van der Waals surface area contributed by atoms with Crippen LogP contribution in [0.25, 0.3) is 0 Å². The Kier molecular flexibility index (Phi) is 6.89. The van der Waals surface area contributed by atoms with E-state index in [0.717, 1.165) is 36.1 Å². The molecule has 3 heterocycles. The van der Waals surface area contributed by atoms with E-state index in [4.69, 9.17) is 4.42 Å². The van der Waals surface area contributed by atoms with Crippen molar-refractivity contribution in [3.63, 3.8) is 0 Å². The molecular weight excluding hydrogens is 454 g/mol. The second-order valence-electron chi connectivity index (χ2n) is 9.64. The molecule has 1 aromatic heterocycles. The summed E-state index contributed by atoms with van der Waals surface area (Å²) >= 11 is 0. The third-order valence-corrected chi connectivity index (χ3v) is 7.20. The number of carbonyl (C=O) groups is 3. The highest BCUT2D eigenvalue weighted by Gasteiger charge is 2.28. The first-order chi connectivity index (χ1) is 17.5. The van der Waals surface area contributed by atoms with E-state index in [9.17, 15) is 14.4 Å². The number of rotatable bonds is 4. The van der Waals surface area contributed by atoms with E-state index in [1.807, 2.05) is 54.3 Å². The van der Waals surface area contributed by atoms with Gasteiger partial charge in [0.2, 0.25) is 0 Å². The Morgan fingerprint density at radius 2 is 1.44 bits per heavy atom. The summed E-state index contributed by atoms with van der Waals surface area (Å²) in [4.78, 5) is 44.3. The van der Waals surface area contributed by atoms with Crippen molar-refractivity contribution in [1.82, 2.24) is 14.7 Å². The minimum atomic E-state index is -0.142. The lowest BCUT2D eigenvalue weighted by atomic mass is 9.89. The van der Waals surface area contributed by atoms with Gasteiger partial charge in [0.25, 0.3) is 17.7 Å². The molecule has 7 nitrogen and oxygen atoms in total. The molecule has 0 bridgehead atoms. The van der Waals surface area contributed by atoms with Gasteiger partial charge in [-0.3, -0.25) is 14.4 Å². The molecule has 0 N–H and O–H groups in total. The Morgan fingerprint density at radius 1 is 0.750 bits per heavy atom. The van der Waals surface area contributed by atoms with Crippen LogP contribution in [-0.2, 0) is 0 Å². The first-order valence-electron chi connectivity index (χ1n) is 12.6. The van der Waals surface area contributed by atoms with Gasteiger partial charge in [-0.1, -0.05) is 29.8 Å². The molecule has 2 aliphatic heterocycles. The lowest BCUT2D eigenvalue weighted by Crippen LogP contribution is -2.50. The lowest BCUT2D eigenvalue weighted by molar-refractivity contribution is 0.0518. The number of benzene rings is 2. The summed E-state index contributed by atoms with van der Waals surface area (Å²) < 4.78 is 5.22. The largest absolute Gasteiger partial charge is 0.459 e. The zero-order valence-electron chi connectivity index (χ0n) is 20.6. The first-order valence-corrected chi connectivity index (χ1v) is 12.6. The van der Waals surface area contributed by atoms with Gasteiger partial charge in [0, 0.05) is 56.3 Å². The molecule has 3 amide bonds. The highest BCUT2D eigenvalue weighted by atomic mass is 16.3. The number of piperazine rings is 1. The average Bonchev–Trinajstić information content (AvgIpc) is 3.48. The molecule has 1 atom stereocenters. The fourth-order valence-corrected chi connectivity index (χ4v) is 5.09. The third kappa shape index (κ3) is 5.05. The van der Waals surface area contributed by atoms with Crippen molar-refractivity contribution in [2.45, 2.75) is 25.7 Å². The average molecular weight is 486 g/mol. The Morgan fingerprint density at radius 3 is 2.14 bits per heavy atom. The highest BCUT2D eigenvalue weighted by Crippen LogP contribution is 2.29. The maximum atomic E-state index is 13.3. The van der Waals surface area contributed by atoms with Crippen LogP contribution in [0.15, 0.2) is 71.3 Å². The standard InChI is InChI=1S/C29H31N3O4/c1-21-9-11-22(12-10-21)27(33)32-13-3-7-25(20-32)23-5-2-6-24(19-23)28(34)30-14-16-31(17-15-30)29(35)26-8-4-18-36-26/h2,4-6,8-12,18-19,25H,3,7,13-17,20H2,1H3/t25-/m1/s1. The first kappa shape index (κ1) is 23.9. The summed E-state index contributed by atoms with van der Waals surface area (Å²) in [5, 5.41) is 0. The highest BCUT2D eigenvalue weighted by molar-refractivity contribution is 5.95. The quantitative estimate of drug-likeness (QED) is 0.555. The normalized spacial score (nSPS) is 18.2. The summed E-state index contributed by atoms with van der Waals surface area (Å²) in [6.45, 7) is 5.34. The number of hydrogen-bond acceptors (Lipinski definition) is 4. The van der Waals surface area contributed by atoms with Gasteiger partial charge < -0.3 is 19.1 Å². The van der Waals surface area contributed by atoms with Gasteiger partial charge in [0.1, 0.15) is 0 Å². The minimum absolute atomic E-state index is 0.0228. The molecule has 0 radical (unpaired) electrons.